The van der Waals surface area contributed by atoms with Gasteiger partial charge in [0.15, 0.2) is 0 Å². The highest BCUT2D eigenvalue weighted by atomic mass is 16.5. The largest absolute Gasteiger partial charge is 0.478 e. The first-order chi connectivity index (χ1) is 15.5. The zero-order chi connectivity index (χ0) is 22.7. The van der Waals surface area contributed by atoms with Crippen LogP contribution in [0.5, 0.6) is 0 Å². The molecule has 0 aliphatic carbocycles. The Morgan fingerprint density at radius 3 is 2.44 bits per heavy atom. The minimum atomic E-state index is -1.03. The van der Waals surface area contributed by atoms with Crippen molar-refractivity contribution in [2.24, 2.45) is 0 Å². The molecule has 168 valence electrons. The van der Waals surface area contributed by atoms with Crippen LogP contribution in [0.3, 0.4) is 0 Å². The molecule has 0 bridgehead atoms. The number of anilines is 2. The Hall–Kier alpha value is -3.39. The van der Waals surface area contributed by atoms with E-state index in [-0.39, 0.29) is 17.6 Å². The van der Waals surface area contributed by atoms with Gasteiger partial charge in [-0.2, -0.15) is 0 Å². The Morgan fingerprint density at radius 2 is 1.81 bits per heavy atom. The third kappa shape index (κ3) is 4.31. The molecule has 8 heteroatoms. The molecule has 1 atom stereocenters. The Kier molecular flexibility index (Phi) is 6.41. The number of benzene rings is 2. The van der Waals surface area contributed by atoms with E-state index in [2.05, 4.69) is 16.3 Å². The Morgan fingerprint density at radius 1 is 1.09 bits per heavy atom. The third-order valence-electron chi connectivity index (χ3n) is 6.33. The zero-order valence-corrected chi connectivity index (χ0v) is 18.0. The first-order valence-electron chi connectivity index (χ1n) is 10.8. The fourth-order valence-corrected chi connectivity index (χ4v) is 4.61. The van der Waals surface area contributed by atoms with Crippen molar-refractivity contribution in [3.05, 3.63) is 59.2 Å². The summed E-state index contributed by atoms with van der Waals surface area (Å²) in [5.41, 5.74) is 3.67. The molecular weight excluding hydrogens is 410 g/mol. The van der Waals surface area contributed by atoms with Crippen molar-refractivity contribution in [1.82, 2.24) is 4.90 Å². The number of carboxylic acids is 1. The monoisotopic (exact) mass is 437 g/mol. The second-order valence-electron chi connectivity index (χ2n) is 8.13. The lowest BCUT2D eigenvalue weighted by molar-refractivity contribution is -0.130. The number of hydrogen-bond donors (Lipinski definition) is 2. The summed E-state index contributed by atoms with van der Waals surface area (Å²) >= 11 is 0. The standard InChI is InChI=1S/C24H27N3O5/c1-32-18-9-12-26(13-10-18)21-4-2-3-20-19(21)11-14-27(15-28)22(20)23(29)25-17-7-5-16(6-8-17)24(30)31/h2-8,15,18,22H,9-14H2,1H3,(H,25,29)(H,30,31). The molecule has 0 spiro atoms. The normalized spacial score (nSPS) is 18.7. The van der Waals surface area contributed by atoms with Gasteiger partial charge < -0.3 is 25.0 Å². The molecule has 32 heavy (non-hydrogen) atoms. The summed E-state index contributed by atoms with van der Waals surface area (Å²) in [4.78, 5) is 39.9. The van der Waals surface area contributed by atoms with Crippen molar-refractivity contribution in [3.8, 4) is 0 Å². The molecule has 0 saturated carbocycles. The molecule has 2 aromatic rings. The van der Waals surface area contributed by atoms with Crippen molar-refractivity contribution in [3.63, 3.8) is 0 Å². The molecule has 1 unspecified atom stereocenters. The lowest BCUT2D eigenvalue weighted by atomic mass is 9.90. The van der Waals surface area contributed by atoms with Gasteiger partial charge in [0.1, 0.15) is 6.04 Å². The van der Waals surface area contributed by atoms with Gasteiger partial charge in [0.25, 0.3) is 5.91 Å². The van der Waals surface area contributed by atoms with Crippen LogP contribution in [0.2, 0.25) is 0 Å². The summed E-state index contributed by atoms with van der Waals surface area (Å²) in [5.74, 6) is -1.35. The lowest BCUT2D eigenvalue weighted by Gasteiger charge is -2.39. The van der Waals surface area contributed by atoms with E-state index in [4.69, 9.17) is 9.84 Å². The first-order valence-corrected chi connectivity index (χ1v) is 10.8. The van der Waals surface area contributed by atoms with E-state index in [1.165, 1.54) is 17.0 Å². The van der Waals surface area contributed by atoms with Crippen LogP contribution >= 0.6 is 0 Å². The molecule has 8 nitrogen and oxygen atoms in total. The van der Waals surface area contributed by atoms with E-state index in [1.807, 2.05) is 12.1 Å². The number of aromatic carboxylic acids is 1. The van der Waals surface area contributed by atoms with Gasteiger partial charge in [0, 0.05) is 38.1 Å². The fourth-order valence-electron chi connectivity index (χ4n) is 4.61. The number of carboxylic acid groups (broad SMARTS) is 1. The number of methoxy groups -OCH3 is 1. The number of carbonyl (C=O) groups is 3. The summed E-state index contributed by atoms with van der Waals surface area (Å²) in [6.07, 6.45) is 3.60. The summed E-state index contributed by atoms with van der Waals surface area (Å²) in [6.45, 7) is 2.23. The van der Waals surface area contributed by atoms with E-state index in [0.717, 1.165) is 49.2 Å². The van der Waals surface area contributed by atoms with Crippen LogP contribution in [-0.4, -0.2) is 61.1 Å². The van der Waals surface area contributed by atoms with Crippen LogP contribution < -0.4 is 10.2 Å². The van der Waals surface area contributed by atoms with Crippen LogP contribution in [0.25, 0.3) is 0 Å². The van der Waals surface area contributed by atoms with Crippen LogP contribution in [0.15, 0.2) is 42.5 Å². The number of piperidine rings is 1. The number of fused-ring (bicyclic) bond motifs is 1. The van der Waals surface area contributed by atoms with Crippen molar-refractivity contribution < 1.29 is 24.2 Å². The Bertz CT molecular complexity index is 999. The highest BCUT2D eigenvalue weighted by Crippen LogP contribution is 2.36. The number of nitrogens with zero attached hydrogens (tertiary/aromatic N) is 2. The molecule has 1 saturated heterocycles. The molecule has 2 N–H and O–H groups in total. The minimum Gasteiger partial charge on any atom is -0.478 e. The van der Waals surface area contributed by atoms with Crippen LogP contribution in [0.1, 0.15) is 40.4 Å². The van der Waals surface area contributed by atoms with Gasteiger partial charge in [0.2, 0.25) is 6.41 Å². The summed E-state index contributed by atoms with van der Waals surface area (Å²) in [5, 5.41) is 11.9. The van der Waals surface area contributed by atoms with Crippen LogP contribution in [0.4, 0.5) is 11.4 Å². The smallest absolute Gasteiger partial charge is 0.335 e. The van der Waals surface area contributed by atoms with E-state index in [9.17, 15) is 14.4 Å². The third-order valence-corrected chi connectivity index (χ3v) is 6.33. The number of carbonyl (C=O) groups excluding carboxylic acids is 2. The molecule has 2 heterocycles. The molecule has 2 aromatic carbocycles. The van der Waals surface area contributed by atoms with E-state index >= 15 is 0 Å². The second kappa shape index (κ2) is 9.40. The molecular formula is C24H27N3O5. The van der Waals surface area contributed by atoms with Crippen LogP contribution in [-0.2, 0) is 20.7 Å². The van der Waals surface area contributed by atoms with Gasteiger partial charge in [-0.3, -0.25) is 9.59 Å². The molecule has 1 fully saturated rings. The van der Waals surface area contributed by atoms with Gasteiger partial charge in [-0.15, -0.1) is 0 Å². The highest BCUT2D eigenvalue weighted by Gasteiger charge is 2.34. The number of rotatable bonds is 6. The average Bonchev–Trinajstić information content (AvgIpc) is 2.83. The van der Waals surface area contributed by atoms with Crippen molar-refractivity contribution in [2.75, 3.05) is 37.0 Å². The average molecular weight is 437 g/mol. The van der Waals surface area contributed by atoms with E-state index < -0.39 is 12.0 Å². The number of amides is 2. The van der Waals surface area contributed by atoms with E-state index in [1.54, 1.807) is 19.2 Å². The minimum absolute atomic E-state index is 0.141. The predicted octanol–water partition coefficient (Wildman–Crippen LogP) is 2.69. The number of hydrogen-bond acceptors (Lipinski definition) is 5. The first kappa shape index (κ1) is 21.8. The van der Waals surface area contributed by atoms with Gasteiger partial charge in [-0.1, -0.05) is 12.1 Å². The summed E-state index contributed by atoms with van der Waals surface area (Å²) < 4.78 is 5.48. The second-order valence-corrected chi connectivity index (χ2v) is 8.13. The molecule has 2 aliphatic heterocycles. The van der Waals surface area contributed by atoms with Crippen molar-refractivity contribution in [1.29, 1.82) is 0 Å². The molecule has 4 rings (SSSR count). The summed E-state index contributed by atoms with van der Waals surface area (Å²) in [7, 11) is 1.75. The summed E-state index contributed by atoms with van der Waals surface area (Å²) in [6, 6.07) is 11.2. The molecule has 2 amide bonds. The van der Waals surface area contributed by atoms with Crippen molar-refractivity contribution in [2.45, 2.75) is 31.4 Å². The van der Waals surface area contributed by atoms with Crippen molar-refractivity contribution >= 4 is 29.7 Å². The van der Waals surface area contributed by atoms with Crippen LogP contribution in [0, 0.1) is 0 Å². The maximum atomic E-state index is 13.2. The number of nitrogens with one attached hydrogen (secondary N) is 1. The lowest BCUT2D eigenvalue weighted by Crippen LogP contribution is -2.43. The quantitative estimate of drug-likeness (QED) is 0.674. The SMILES string of the molecule is COC1CCN(c2cccc3c2CCN(C=O)C3C(=O)Nc2ccc(C(=O)O)cc2)CC1. The molecule has 0 aromatic heterocycles. The maximum absolute atomic E-state index is 13.2. The van der Waals surface area contributed by atoms with Gasteiger partial charge in [-0.05, 0) is 60.7 Å². The molecule has 2 aliphatic rings. The predicted molar refractivity (Wildman–Crippen MR) is 120 cm³/mol. The van der Waals surface area contributed by atoms with Gasteiger partial charge >= 0.3 is 5.97 Å². The fraction of sp³-hybridized carbons (Fsp3) is 0.375. The zero-order valence-electron chi connectivity index (χ0n) is 18.0. The topological polar surface area (TPSA) is 99.2 Å². The van der Waals surface area contributed by atoms with Gasteiger partial charge in [-0.25, -0.2) is 4.79 Å². The Labute approximate surface area is 186 Å². The maximum Gasteiger partial charge on any atom is 0.335 e. The Balaban J connectivity index is 1.59. The molecule has 0 radical (unpaired) electrons. The van der Waals surface area contributed by atoms with E-state index in [0.29, 0.717) is 18.7 Å². The highest BCUT2D eigenvalue weighted by molar-refractivity contribution is 5.98. The van der Waals surface area contributed by atoms with Gasteiger partial charge in [0.05, 0.1) is 11.7 Å². The number of ether oxygens (including phenoxy) is 1.